The number of hydrogen-bond donors (Lipinski definition) is 0. The van der Waals surface area contributed by atoms with Gasteiger partial charge in [-0.1, -0.05) is 18.2 Å². The number of imide groups is 2. The van der Waals surface area contributed by atoms with E-state index < -0.39 is 17.7 Å². The molecule has 0 saturated heterocycles. The Kier molecular flexibility index (Phi) is 2.90. The molecule has 0 aliphatic carbocycles. The maximum Gasteiger partial charge on any atom is 0.266 e. The van der Waals surface area contributed by atoms with Crippen LogP contribution < -0.4 is 9.80 Å². The molecular weight excluding hydrogens is 308 g/mol. The lowest BCUT2D eigenvalue weighted by atomic mass is 10.1. The van der Waals surface area contributed by atoms with E-state index in [1.165, 1.54) is 6.92 Å². The summed E-state index contributed by atoms with van der Waals surface area (Å²) in [4.78, 5) is 50.9. The zero-order valence-corrected chi connectivity index (χ0v) is 12.8. The monoisotopic (exact) mass is 320 g/mol. The summed E-state index contributed by atoms with van der Waals surface area (Å²) in [5.74, 6) is -1.52. The van der Waals surface area contributed by atoms with Crippen LogP contribution in [-0.4, -0.2) is 23.6 Å². The quantitative estimate of drug-likeness (QED) is 0.752. The first kappa shape index (κ1) is 14.3. The summed E-state index contributed by atoms with van der Waals surface area (Å²) in [6, 6.07) is 11.5. The van der Waals surface area contributed by atoms with Gasteiger partial charge in [0.05, 0.1) is 28.9 Å². The van der Waals surface area contributed by atoms with Gasteiger partial charge in [0.15, 0.2) is 0 Å². The predicted octanol–water partition coefficient (Wildman–Crippen LogP) is 1.92. The van der Waals surface area contributed by atoms with Gasteiger partial charge in [0.2, 0.25) is 11.8 Å². The molecule has 2 aliphatic rings. The third-order valence-corrected chi connectivity index (χ3v) is 4.27. The molecule has 0 spiro atoms. The minimum atomic E-state index is -0.408. The third-order valence-electron chi connectivity index (χ3n) is 4.27. The van der Waals surface area contributed by atoms with E-state index in [0.29, 0.717) is 28.1 Å². The number of nitrogens with zero attached hydrogens (tertiary/aromatic N) is 2. The molecule has 0 radical (unpaired) electrons. The van der Waals surface area contributed by atoms with Gasteiger partial charge in [-0.2, -0.15) is 0 Å². The Balaban J connectivity index is 1.81. The third kappa shape index (κ3) is 1.83. The van der Waals surface area contributed by atoms with Crippen molar-refractivity contribution in [3.8, 4) is 0 Å². The summed E-state index contributed by atoms with van der Waals surface area (Å²) in [6.45, 7) is 1.31. The van der Waals surface area contributed by atoms with Crippen molar-refractivity contribution in [2.24, 2.45) is 0 Å². The first-order valence-electron chi connectivity index (χ1n) is 7.43. The first-order valence-corrected chi connectivity index (χ1v) is 7.43. The van der Waals surface area contributed by atoms with Crippen molar-refractivity contribution in [3.05, 3.63) is 59.2 Å². The number of fused-ring (bicyclic) bond motifs is 2. The summed E-state index contributed by atoms with van der Waals surface area (Å²) < 4.78 is 0. The smallest absolute Gasteiger partial charge is 0.266 e. The van der Waals surface area contributed by atoms with Gasteiger partial charge in [-0.15, -0.1) is 0 Å². The highest BCUT2D eigenvalue weighted by Gasteiger charge is 2.38. The molecule has 6 heteroatoms. The maximum atomic E-state index is 12.5. The Morgan fingerprint density at radius 2 is 1.58 bits per heavy atom. The number of rotatable bonds is 1. The van der Waals surface area contributed by atoms with E-state index in [0.717, 1.165) is 9.80 Å². The molecule has 0 unspecified atom stereocenters. The van der Waals surface area contributed by atoms with E-state index in [1.807, 2.05) is 0 Å². The molecule has 0 N–H and O–H groups in total. The Hall–Kier alpha value is -3.28. The van der Waals surface area contributed by atoms with Crippen LogP contribution in [0.4, 0.5) is 11.4 Å². The molecule has 0 fully saturated rings. The van der Waals surface area contributed by atoms with Crippen LogP contribution in [0.5, 0.6) is 0 Å². The van der Waals surface area contributed by atoms with Crippen molar-refractivity contribution >= 4 is 35.0 Å². The van der Waals surface area contributed by atoms with Crippen molar-refractivity contribution in [1.29, 1.82) is 0 Å². The van der Waals surface area contributed by atoms with E-state index in [2.05, 4.69) is 0 Å². The van der Waals surface area contributed by atoms with E-state index >= 15 is 0 Å². The lowest BCUT2D eigenvalue weighted by molar-refractivity contribution is -0.124. The van der Waals surface area contributed by atoms with Crippen LogP contribution >= 0.6 is 0 Å². The summed E-state index contributed by atoms with van der Waals surface area (Å²) in [7, 11) is 0. The molecule has 2 aromatic carbocycles. The van der Waals surface area contributed by atoms with Crippen molar-refractivity contribution in [1.82, 2.24) is 0 Å². The Labute approximate surface area is 137 Å². The second-order valence-electron chi connectivity index (χ2n) is 5.73. The highest BCUT2D eigenvalue weighted by molar-refractivity contribution is 6.34. The lowest BCUT2D eigenvalue weighted by Crippen LogP contribution is -2.32. The minimum Gasteiger partial charge on any atom is -0.274 e. The van der Waals surface area contributed by atoms with Crippen LogP contribution in [0, 0.1) is 0 Å². The molecule has 118 valence electrons. The van der Waals surface area contributed by atoms with Crippen molar-refractivity contribution < 1.29 is 19.2 Å². The average Bonchev–Trinajstić information content (AvgIpc) is 3.01. The molecule has 0 bridgehead atoms. The van der Waals surface area contributed by atoms with Crippen molar-refractivity contribution in [2.75, 3.05) is 9.80 Å². The van der Waals surface area contributed by atoms with Crippen LogP contribution in [0.2, 0.25) is 0 Å². The van der Waals surface area contributed by atoms with Gasteiger partial charge in [-0.3, -0.25) is 24.1 Å². The Morgan fingerprint density at radius 1 is 0.958 bits per heavy atom. The summed E-state index contributed by atoms with van der Waals surface area (Å²) in [6.07, 6.45) is 0.136. The van der Waals surface area contributed by atoms with E-state index in [9.17, 15) is 19.2 Å². The van der Waals surface area contributed by atoms with Gasteiger partial charge in [-0.25, -0.2) is 4.90 Å². The summed E-state index contributed by atoms with van der Waals surface area (Å²) in [5, 5.41) is 0. The molecule has 0 atom stereocenters. The Morgan fingerprint density at radius 3 is 2.17 bits per heavy atom. The molecular formula is C18H12N2O4. The molecule has 2 aromatic rings. The molecule has 24 heavy (non-hydrogen) atoms. The zero-order valence-electron chi connectivity index (χ0n) is 12.8. The molecule has 4 rings (SSSR count). The first-order chi connectivity index (χ1) is 11.5. The SMILES string of the molecule is CC(=O)N1C(=O)Cc2ccc(N3C(=O)c4ccccc4C3=O)cc21. The lowest BCUT2D eigenvalue weighted by Gasteiger charge is -2.18. The van der Waals surface area contributed by atoms with Gasteiger partial charge in [-0.05, 0) is 29.8 Å². The van der Waals surface area contributed by atoms with Crippen molar-refractivity contribution in [3.63, 3.8) is 0 Å². The fraction of sp³-hybridized carbons (Fsp3) is 0.111. The summed E-state index contributed by atoms with van der Waals surface area (Å²) >= 11 is 0. The number of anilines is 2. The fourth-order valence-electron chi connectivity index (χ4n) is 3.19. The van der Waals surface area contributed by atoms with Gasteiger partial charge in [0, 0.05) is 6.92 Å². The summed E-state index contributed by atoms with van der Waals surface area (Å²) in [5.41, 5.74) is 2.18. The van der Waals surface area contributed by atoms with Crippen LogP contribution in [0.1, 0.15) is 33.2 Å². The molecule has 0 saturated carbocycles. The number of hydrogen-bond acceptors (Lipinski definition) is 4. The fourth-order valence-corrected chi connectivity index (χ4v) is 3.19. The number of amides is 4. The molecule has 6 nitrogen and oxygen atoms in total. The Bertz CT molecular complexity index is 913. The normalized spacial score (nSPS) is 15.8. The van der Waals surface area contributed by atoms with Crippen molar-refractivity contribution in [2.45, 2.75) is 13.3 Å². The second-order valence-corrected chi connectivity index (χ2v) is 5.73. The van der Waals surface area contributed by atoms with E-state index in [4.69, 9.17) is 0 Å². The average molecular weight is 320 g/mol. The van der Waals surface area contributed by atoms with Crippen LogP contribution in [-0.2, 0) is 16.0 Å². The standard InChI is InChI=1S/C18H12N2O4/c1-10(21)19-15-9-12(7-6-11(15)8-16(19)22)20-17(23)13-4-2-3-5-14(13)18(20)24/h2-7,9H,8H2,1H3. The highest BCUT2D eigenvalue weighted by atomic mass is 16.2. The van der Waals surface area contributed by atoms with Gasteiger partial charge in [0.1, 0.15) is 0 Å². The van der Waals surface area contributed by atoms with Crippen LogP contribution in [0.25, 0.3) is 0 Å². The van der Waals surface area contributed by atoms with E-state index in [1.54, 1.807) is 42.5 Å². The van der Waals surface area contributed by atoms with E-state index in [-0.39, 0.29) is 12.3 Å². The topological polar surface area (TPSA) is 74.8 Å². The van der Waals surface area contributed by atoms with Gasteiger partial charge >= 0.3 is 0 Å². The highest BCUT2D eigenvalue weighted by Crippen LogP contribution is 2.35. The van der Waals surface area contributed by atoms with Gasteiger partial charge in [0.25, 0.3) is 11.8 Å². The van der Waals surface area contributed by atoms with Crippen LogP contribution in [0.3, 0.4) is 0 Å². The molecule has 0 aromatic heterocycles. The van der Waals surface area contributed by atoms with Crippen LogP contribution in [0.15, 0.2) is 42.5 Å². The minimum absolute atomic E-state index is 0.136. The number of carbonyl (C=O) groups excluding carboxylic acids is 4. The second kappa shape index (κ2) is 4.86. The zero-order chi connectivity index (χ0) is 17.0. The molecule has 4 amide bonds. The molecule has 2 heterocycles. The number of benzene rings is 2. The maximum absolute atomic E-state index is 12.5. The molecule has 2 aliphatic heterocycles. The number of carbonyl (C=O) groups is 4. The predicted molar refractivity (Wildman–Crippen MR) is 85.9 cm³/mol. The van der Waals surface area contributed by atoms with Gasteiger partial charge < -0.3 is 0 Å². The largest absolute Gasteiger partial charge is 0.274 e.